The van der Waals surface area contributed by atoms with E-state index in [4.69, 9.17) is 4.74 Å². The summed E-state index contributed by atoms with van der Waals surface area (Å²) in [5.41, 5.74) is 2.39. The van der Waals surface area contributed by atoms with Crippen molar-refractivity contribution in [3.63, 3.8) is 0 Å². The van der Waals surface area contributed by atoms with Crippen LogP contribution in [0.25, 0.3) is 11.4 Å². The molecule has 3 nitrogen and oxygen atoms in total. The molecule has 0 spiro atoms. The first-order chi connectivity index (χ1) is 11.5. The first-order valence-corrected chi connectivity index (χ1v) is 9.18. The molecule has 1 aromatic heterocycles. The van der Waals surface area contributed by atoms with Crippen molar-refractivity contribution >= 4 is 15.9 Å². The molecule has 0 saturated heterocycles. The normalized spacial score (nSPS) is 11.8. The quantitative estimate of drug-likeness (QED) is 0.515. The van der Waals surface area contributed by atoms with Crippen molar-refractivity contribution in [3.05, 3.63) is 52.8 Å². The number of rotatable bonds is 8. The Labute approximate surface area is 153 Å². The fourth-order valence-corrected chi connectivity index (χ4v) is 2.55. The molecular formula is C20H25BrN2O. The average Bonchev–Trinajstić information content (AvgIpc) is 2.56. The smallest absolute Gasteiger partial charge is 0.159 e. The van der Waals surface area contributed by atoms with E-state index in [0.717, 1.165) is 41.1 Å². The maximum absolute atomic E-state index is 5.85. The van der Waals surface area contributed by atoms with Crippen LogP contribution in [-0.4, -0.2) is 16.6 Å². The highest BCUT2D eigenvalue weighted by molar-refractivity contribution is 9.10. The van der Waals surface area contributed by atoms with E-state index in [-0.39, 0.29) is 0 Å². The Kier molecular flexibility index (Phi) is 7.44. The number of hydrogen-bond donors (Lipinski definition) is 0. The first-order valence-electron chi connectivity index (χ1n) is 8.38. The fraction of sp³-hybridized carbons (Fsp3) is 0.400. The number of hydrogen-bond acceptors (Lipinski definition) is 3. The molecule has 0 radical (unpaired) electrons. The van der Waals surface area contributed by atoms with Crippen LogP contribution in [0.3, 0.4) is 0 Å². The van der Waals surface area contributed by atoms with Gasteiger partial charge < -0.3 is 4.74 Å². The van der Waals surface area contributed by atoms with E-state index in [0.29, 0.717) is 5.92 Å². The predicted octanol–water partition coefficient (Wildman–Crippen LogP) is 6.06. The Balaban J connectivity index is 1.77. The Morgan fingerprint density at radius 3 is 2.42 bits per heavy atom. The Hall–Kier alpha value is -1.68. The van der Waals surface area contributed by atoms with Crippen molar-refractivity contribution in [2.24, 2.45) is 5.92 Å². The molecule has 0 bridgehead atoms. The van der Waals surface area contributed by atoms with Crippen molar-refractivity contribution < 1.29 is 4.74 Å². The van der Waals surface area contributed by atoms with E-state index in [9.17, 15) is 0 Å². The third-order valence-electron chi connectivity index (χ3n) is 3.82. The zero-order chi connectivity index (χ0) is 17.4. The van der Waals surface area contributed by atoms with Crippen molar-refractivity contribution in [1.82, 2.24) is 9.97 Å². The van der Waals surface area contributed by atoms with Gasteiger partial charge in [-0.15, -0.1) is 0 Å². The third-order valence-corrected chi connectivity index (χ3v) is 4.23. The van der Waals surface area contributed by atoms with Crippen LogP contribution in [0.1, 0.15) is 40.0 Å². The molecule has 0 aliphatic heterocycles. The van der Waals surface area contributed by atoms with Crippen LogP contribution in [-0.2, 0) is 0 Å². The second-order valence-corrected chi connectivity index (χ2v) is 7.27. The number of aromatic nitrogens is 2. The predicted molar refractivity (Wildman–Crippen MR) is 103 cm³/mol. The van der Waals surface area contributed by atoms with Gasteiger partial charge in [0.1, 0.15) is 5.75 Å². The number of ether oxygens (including phenoxy) is 1. The number of halogens is 1. The summed E-state index contributed by atoms with van der Waals surface area (Å²) in [6, 6.07) is 7.96. The van der Waals surface area contributed by atoms with Crippen molar-refractivity contribution in [1.29, 1.82) is 0 Å². The molecule has 0 N–H and O–H groups in total. The van der Waals surface area contributed by atoms with Gasteiger partial charge in [-0.25, -0.2) is 9.97 Å². The molecule has 24 heavy (non-hydrogen) atoms. The summed E-state index contributed by atoms with van der Waals surface area (Å²) in [4.78, 5) is 8.60. The molecule has 1 aromatic carbocycles. The lowest BCUT2D eigenvalue weighted by Crippen LogP contribution is -2.04. The minimum atomic E-state index is 0.677. The lowest BCUT2D eigenvalue weighted by atomic mass is 10.0. The molecule has 0 fully saturated rings. The third kappa shape index (κ3) is 6.44. The summed E-state index contributed by atoms with van der Waals surface area (Å²) in [5, 5.41) is 0. The number of allylic oxidation sites excluding steroid dienone is 2. The highest BCUT2D eigenvalue weighted by atomic mass is 79.9. The van der Waals surface area contributed by atoms with Crippen molar-refractivity contribution in [2.45, 2.75) is 40.0 Å². The van der Waals surface area contributed by atoms with Gasteiger partial charge in [0.2, 0.25) is 0 Å². The lowest BCUT2D eigenvalue weighted by molar-refractivity contribution is 0.279. The maximum atomic E-state index is 5.85. The Bertz CT molecular complexity index is 646. The Morgan fingerprint density at radius 1 is 1.12 bits per heavy atom. The van der Waals surface area contributed by atoms with Gasteiger partial charge in [0.25, 0.3) is 0 Å². The summed E-state index contributed by atoms with van der Waals surface area (Å²) in [5.74, 6) is 2.29. The van der Waals surface area contributed by atoms with E-state index in [2.05, 4.69) is 52.7 Å². The maximum Gasteiger partial charge on any atom is 0.159 e. The van der Waals surface area contributed by atoms with Crippen LogP contribution in [0.2, 0.25) is 0 Å². The van der Waals surface area contributed by atoms with Gasteiger partial charge in [0.05, 0.1) is 11.1 Å². The van der Waals surface area contributed by atoms with Gasteiger partial charge in [-0.3, -0.25) is 0 Å². The van der Waals surface area contributed by atoms with Crippen LogP contribution in [0.15, 0.2) is 52.8 Å². The Morgan fingerprint density at radius 2 is 1.79 bits per heavy atom. The molecule has 2 rings (SSSR count). The van der Waals surface area contributed by atoms with Gasteiger partial charge in [-0.05, 0) is 79.2 Å². The van der Waals surface area contributed by atoms with E-state index in [1.807, 2.05) is 24.3 Å². The van der Waals surface area contributed by atoms with E-state index in [1.165, 1.54) is 12.0 Å². The van der Waals surface area contributed by atoms with Gasteiger partial charge in [0.15, 0.2) is 5.82 Å². The fourth-order valence-electron chi connectivity index (χ4n) is 2.34. The van der Waals surface area contributed by atoms with E-state index in [1.54, 1.807) is 12.4 Å². The molecule has 0 aliphatic carbocycles. The summed E-state index contributed by atoms with van der Waals surface area (Å²) >= 11 is 3.34. The largest absolute Gasteiger partial charge is 0.494 e. The van der Waals surface area contributed by atoms with Crippen LogP contribution >= 0.6 is 15.9 Å². The van der Waals surface area contributed by atoms with Crippen LogP contribution in [0.4, 0.5) is 0 Å². The monoisotopic (exact) mass is 388 g/mol. The first kappa shape index (κ1) is 18.7. The van der Waals surface area contributed by atoms with Crippen LogP contribution in [0, 0.1) is 5.92 Å². The second-order valence-electron chi connectivity index (χ2n) is 6.35. The van der Waals surface area contributed by atoms with Crippen molar-refractivity contribution in [3.8, 4) is 17.1 Å². The SMILES string of the molecule is CC(C)=CCC[C@H](C)CCOc1ccc(-c2ncc(Br)cn2)cc1. The molecule has 0 amide bonds. The molecule has 1 heterocycles. The average molecular weight is 389 g/mol. The highest BCUT2D eigenvalue weighted by Gasteiger charge is 2.04. The van der Waals surface area contributed by atoms with Crippen LogP contribution in [0.5, 0.6) is 5.75 Å². The standard InChI is InChI=1S/C20H25BrN2O/c1-15(2)5-4-6-16(3)11-12-24-19-9-7-17(8-10-19)20-22-13-18(21)14-23-20/h5,7-10,13-14,16H,4,6,11-12H2,1-3H3/t16-/m0/s1. The van der Waals surface area contributed by atoms with E-state index < -0.39 is 0 Å². The molecule has 0 saturated carbocycles. The molecule has 1 atom stereocenters. The minimum Gasteiger partial charge on any atom is -0.494 e. The van der Waals surface area contributed by atoms with Crippen molar-refractivity contribution in [2.75, 3.05) is 6.61 Å². The number of nitrogens with zero attached hydrogens (tertiary/aromatic N) is 2. The summed E-state index contributed by atoms with van der Waals surface area (Å²) in [6.07, 6.45) is 9.26. The number of benzene rings is 1. The van der Waals surface area contributed by atoms with Gasteiger partial charge in [-0.1, -0.05) is 18.6 Å². The zero-order valence-electron chi connectivity index (χ0n) is 14.6. The summed E-state index contributed by atoms with van der Waals surface area (Å²) in [7, 11) is 0. The molecule has 0 unspecified atom stereocenters. The topological polar surface area (TPSA) is 35.0 Å². The van der Waals surface area contributed by atoms with Gasteiger partial charge in [0, 0.05) is 18.0 Å². The van der Waals surface area contributed by atoms with Gasteiger partial charge >= 0.3 is 0 Å². The van der Waals surface area contributed by atoms with Crippen LogP contribution < -0.4 is 4.74 Å². The molecular weight excluding hydrogens is 364 g/mol. The molecule has 2 aromatic rings. The molecule has 0 aliphatic rings. The summed E-state index contributed by atoms with van der Waals surface area (Å²) in [6.45, 7) is 7.34. The molecule has 128 valence electrons. The molecule has 4 heteroatoms. The second kappa shape index (κ2) is 9.58. The summed E-state index contributed by atoms with van der Waals surface area (Å²) < 4.78 is 6.73. The zero-order valence-corrected chi connectivity index (χ0v) is 16.2. The minimum absolute atomic E-state index is 0.677. The lowest BCUT2D eigenvalue weighted by Gasteiger charge is -2.12. The van der Waals surface area contributed by atoms with Gasteiger partial charge in [-0.2, -0.15) is 0 Å². The highest BCUT2D eigenvalue weighted by Crippen LogP contribution is 2.20. The van der Waals surface area contributed by atoms with E-state index >= 15 is 0 Å².